The van der Waals surface area contributed by atoms with Crippen LogP contribution in [0.5, 0.6) is 17.2 Å². The maximum Gasteiger partial charge on any atom is 0.408 e. The van der Waals surface area contributed by atoms with Crippen molar-refractivity contribution in [1.82, 2.24) is 9.80 Å². The topological polar surface area (TPSA) is 88.5 Å². The van der Waals surface area contributed by atoms with E-state index in [0.717, 1.165) is 11.1 Å². The summed E-state index contributed by atoms with van der Waals surface area (Å²) >= 11 is 0. The summed E-state index contributed by atoms with van der Waals surface area (Å²) in [6.07, 6.45) is 0.100. The number of urea groups is 1. The molecule has 42 heavy (non-hydrogen) atoms. The van der Waals surface area contributed by atoms with Crippen molar-refractivity contribution >= 4 is 21.2 Å². The van der Waals surface area contributed by atoms with Gasteiger partial charge in [-0.25, -0.2) is 14.0 Å². The van der Waals surface area contributed by atoms with Gasteiger partial charge >= 0.3 is 17.9 Å². The Labute approximate surface area is 245 Å². The summed E-state index contributed by atoms with van der Waals surface area (Å²) in [6, 6.07) is 19.1. The molecule has 1 fully saturated rings. The summed E-state index contributed by atoms with van der Waals surface area (Å²) in [5.41, 5.74) is 0.0627. The van der Waals surface area contributed by atoms with Crippen LogP contribution in [0.1, 0.15) is 25.0 Å². The van der Waals surface area contributed by atoms with Crippen LogP contribution in [0.25, 0.3) is 0 Å². The molecule has 3 aromatic carbocycles. The van der Waals surface area contributed by atoms with E-state index in [0.29, 0.717) is 32.0 Å². The van der Waals surface area contributed by atoms with Crippen molar-refractivity contribution in [3.8, 4) is 17.2 Å². The van der Waals surface area contributed by atoms with Gasteiger partial charge in [0.25, 0.3) is 0 Å². The Morgan fingerprint density at radius 1 is 0.952 bits per heavy atom. The van der Waals surface area contributed by atoms with Gasteiger partial charge in [0.05, 0.1) is 6.61 Å². The minimum Gasteiger partial charge on any atom is -0.494 e. The fourth-order valence-corrected chi connectivity index (χ4v) is 4.21. The number of carboxylic acid groups (broad SMARTS) is 1. The number of ether oxygens (including phenoxy) is 3. The van der Waals surface area contributed by atoms with Crippen molar-refractivity contribution in [2.45, 2.75) is 38.3 Å². The van der Waals surface area contributed by atoms with E-state index in [-0.39, 0.29) is 24.0 Å². The molecule has 12 heteroatoms. The Hall–Kier alpha value is -3.98. The maximum atomic E-state index is 13.7. The van der Waals surface area contributed by atoms with Gasteiger partial charge in [-0.3, -0.25) is 0 Å². The zero-order valence-electron chi connectivity index (χ0n) is 23.6. The monoisotopic (exact) mass is 606 g/mol. The van der Waals surface area contributed by atoms with E-state index in [4.69, 9.17) is 9.47 Å². The van der Waals surface area contributed by atoms with Crippen LogP contribution >= 0.6 is 9.24 Å². The van der Waals surface area contributed by atoms with Crippen LogP contribution in [-0.2, 0) is 17.8 Å². The smallest absolute Gasteiger partial charge is 0.408 e. The van der Waals surface area contributed by atoms with Crippen molar-refractivity contribution in [1.29, 1.82) is 0 Å². The first-order valence-electron chi connectivity index (χ1n) is 13.1. The van der Waals surface area contributed by atoms with Gasteiger partial charge in [0.1, 0.15) is 11.5 Å². The lowest BCUT2D eigenvalue weighted by Crippen LogP contribution is -2.43. The van der Waals surface area contributed by atoms with E-state index in [1.54, 1.807) is 59.3 Å². The summed E-state index contributed by atoms with van der Waals surface area (Å²) < 4.78 is 54.2. The summed E-state index contributed by atoms with van der Waals surface area (Å²) in [5, 5.41) is 9.51. The number of halogens is 3. The molecule has 1 N–H and O–H groups in total. The van der Waals surface area contributed by atoms with Gasteiger partial charge in [0, 0.05) is 33.1 Å². The number of amides is 2. The number of para-hydroxylation sites is 1. The number of nitrogens with zero attached hydrogens (tertiary/aromatic N) is 2. The molecule has 2 amide bonds. The van der Waals surface area contributed by atoms with Crippen LogP contribution < -0.4 is 14.2 Å². The Morgan fingerprint density at radius 2 is 1.55 bits per heavy atom. The standard InChI is InChI=1S/C18H19FO4.C12H15F2N2O2P/c1-3-22-14-10-8-13(9-11-14)12-18(2,17(20)21)23-16-7-5-4-6-15(16)19;1-15-6-7-16(11(15)17)8-9-2-4-10(5-3-9)18-12(13,14)19/h4-11H,3,12H2,1-2H3,(H,20,21);2-5H,6-8,19H2,1H3/t18-;/m0./s1. The van der Waals surface area contributed by atoms with Crippen LogP contribution in [0.4, 0.5) is 18.0 Å². The number of benzene rings is 3. The van der Waals surface area contributed by atoms with Crippen LogP contribution in [0, 0.1) is 5.82 Å². The molecule has 3 aromatic rings. The average Bonchev–Trinajstić information content (AvgIpc) is 3.24. The second-order valence-corrected chi connectivity index (χ2v) is 10.4. The Kier molecular flexibility index (Phi) is 11.1. The molecular formula is C30H34F3N2O6P. The summed E-state index contributed by atoms with van der Waals surface area (Å²) in [7, 11) is 3.07. The van der Waals surface area contributed by atoms with Crippen molar-refractivity contribution in [2.24, 2.45) is 0 Å². The van der Waals surface area contributed by atoms with Crippen LogP contribution in [0.3, 0.4) is 0 Å². The van der Waals surface area contributed by atoms with Gasteiger partial charge in [-0.15, -0.1) is 0 Å². The Morgan fingerprint density at radius 3 is 2.07 bits per heavy atom. The van der Waals surface area contributed by atoms with Crippen molar-refractivity contribution in [3.05, 3.63) is 89.7 Å². The fraction of sp³-hybridized carbons (Fsp3) is 0.333. The number of likely N-dealkylation sites (N-methyl/N-ethyl adjacent to an activating group) is 1. The molecule has 226 valence electrons. The minimum atomic E-state index is -3.27. The lowest BCUT2D eigenvalue weighted by Gasteiger charge is -2.26. The van der Waals surface area contributed by atoms with E-state index >= 15 is 0 Å². The van der Waals surface area contributed by atoms with Crippen LogP contribution in [0.15, 0.2) is 72.8 Å². The van der Waals surface area contributed by atoms with E-state index in [9.17, 15) is 27.9 Å². The predicted octanol–water partition coefficient (Wildman–Crippen LogP) is 6.05. The van der Waals surface area contributed by atoms with E-state index < -0.39 is 23.2 Å². The highest BCUT2D eigenvalue weighted by molar-refractivity contribution is 7.17. The molecule has 1 unspecified atom stereocenters. The molecule has 0 bridgehead atoms. The summed E-state index contributed by atoms with van der Waals surface area (Å²) in [6.45, 7) is 5.73. The van der Waals surface area contributed by atoms with Crippen LogP contribution in [-0.4, -0.2) is 65.1 Å². The van der Waals surface area contributed by atoms with Gasteiger partial charge in [0.2, 0.25) is 5.60 Å². The Bertz CT molecular complexity index is 1340. The third-order valence-electron chi connectivity index (χ3n) is 6.25. The lowest BCUT2D eigenvalue weighted by atomic mass is 9.96. The molecular weight excluding hydrogens is 572 g/mol. The third-order valence-corrected chi connectivity index (χ3v) is 6.37. The second kappa shape index (κ2) is 14.3. The number of rotatable bonds is 11. The molecule has 1 aliphatic rings. The number of aliphatic carboxylic acids is 1. The van der Waals surface area contributed by atoms with Crippen molar-refractivity contribution in [3.63, 3.8) is 0 Å². The first-order valence-corrected chi connectivity index (χ1v) is 13.7. The highest BCUT2D eigenvalue weighted by Crippen LogP contribution is 2.28. The second-order valence-electron chi connectivity index (χ2n) is 9.76. The molecule has 0 radical (unpaired) electrons. The Balaban J connectivity index is 0.000000235. The third kappa shape index (κ3) is 9.55. The van der Waals surface area contributed by atoms with E-state index in [1.807, 2.05) is 6.92 Å². The van der Waals surface area contributed by atoms with Crippen molar-refractivity contribution in [2.75, 3.05) is 26.7 Å². The molecule has 4 rings (SSSR count). The van der Waals surface area contributed by atoms with E-state index in [1.165, 1.54) is 46.5 Å². The number of carbonyl (C=O) groups excluding carboxylic acids is 1. The molecule has 1 saturated heterocycles. The number of hydrogen-bond donors (Lipinski definition) is 1. The molecule has 0 saturated carbocycles. The molecule has 0 aliphatic carbocycles. The molecule has 0 spiro atoms. The summed E-state index contributed by atoms with van der Waals surface area (Å²) in [5.74, 6) is -4.30. The predicted molar refractivity (Wildman–Crippen MR) is 155 cm³/mol. The van der Waals surface area contributed by atoms with Crippen LogP contribution in [0.2, 0.25) is 0 Å². The number of hydrogen-bond acceptors (Lipinski definition) is 5. The van der Waals surface area contributed by atoms with Gasteiger partial charge < -0.3 is 29.1 Å². The number of carboxylic acids is 1. The SMILES string of the molecule is CCOc1ccc(C[C@](C)(Oc2ccccc2F)C(=O)O)cc1.CN1CCN(Cc2ccc(OC(F)(F)P)cc2)C1=O. The molecule has 2 atom stereocenters. The van der Waals surface area contributed by atoms with Gasteiger partial charge in [-0.2, -0.15) is 8.78 Å². The highest BCUT2D eigenvalue weighted by Gasteiger charge is 2.36. The number of alkyl halides is 2. The lowest BCUT2D eigenvalue weighted by molar-refractivity contribution is -0.153. The maximum absolute atomic E-state index is 13.7. The number of carbonyl (C=O) groups is 2. The normalized spacial score (nSPS) is 14.5. The first kappa shape index (κ1) is 32.5. The molecule has 8 nitrogen and oxygen atoms in total. The largest absolute Gasteiger partial charge is 0.494 e. The average molecular weight is 607 g/mol. The first-order chi connectivity index (χ1) is 19.8. The molecule has 0 aromatic heterocycles. The zero-order valence-corrected chi connectivity index (χ0v) is 24.7. The van der Waals surface area contributed by atoms with E-state index in [2.05, 4.69) is 4.74 Å². The molecule has 1 heterocycles. The van der Waals surface area contributed by atoms with Crippen molar-refractivity contribution < 1.29 is 42.1 Å². The zero-order chi connectivity index (χ0) is 30.9. The minimum absolute atomic E-state index is 0.0168. The fourth-order valence-electron chi connectivity index (χ4n) is 4.08. The van der Waals surface area contributed by atoms with Gasteiger partial charge in [-0.05, 0) is 70.6 Å². The van der Waals surface area contributed by atoms with Gasteiger partial charge in [0.15, 0.2) is 11.6 Å². The highest BCUT2D eigenvalue weighted by atomic mass is 31.0. The summed E-state index contributed by atoms with van der Waals surface area (Å²) in [4.78, 5) is 26.7. The quantitative estimate of drug-likeness (QED) is 0.268. The van der Waals surface area contributed by atoms with Gasteiger partial charge in [-0.1, -0.05) is 36.4 Å². The molecule has 1 aliphatic heterocycles.